The molecule has 2 heterocycles. The molecule has 0 aliphatic carbocycles. The first-order chi connectivity index (χ1) is 13.2. The van der Waals surface area contributed by atoms with Crippen molar-refractivity contribution in [3.05, 3.63) is 89.6 Å². The van der Waals surface area contributed by atoms with E-state index in [0.717, 1.165) is 38.8 Å². The number of aromatic nitrogens is 3. The first kappa shape index (κ1) is 16.0. The molecule has 0 aliphatic rings. The highest BCUT2D eigenvalue weighted by Gasteiger charge is 2.17. The zero-order valence-corrected chi connectivity index (χ0v) is 15.5. The Bertz CT molecular complexity index is 1270. The third-order valence-corrected chi connectivity index (χ3v) is 5.03. The van der Waals surface area contributed by atoms with E-state index in [1.807, 2.05) is 47.3 Å². The summed E-state index contributed by atoms with van der Waals surface area (Å²) in [5, 5.41) is 7.67. The van der Waals surface area contributed by atoms with Gasteiger partial charge in [0.15, 0.2) is 0 Å². The molecule has 130 valence electrons. The maximum absolute atomic E-state index is 6.30. The largest absolute Gasteiger partial charge is 0.255 e. The second-order valence-electron chi connectivity index (χ2n) is 6.64. The van der Waals surface area contributed by atoms with Crippen LogP contribution in [-0.4, -0.2) is 14.8 Å². The lowest BCUT2D eigenvalue weighted by Gasteiger charge is -2.06. The summed E-state index contributed by atoms with van der Waals surface area (Å²) < 4.78 is 1.99. The summed E-state index contributed by atoms with van der Waals surface area (Å²) >= 11 is 6.30. The van der Waals surface area contributed by atoms with Crippen molar-refractivity contribution in [2.45, 2.75) is 6.92 Å². The van der Waals surface area contributed by atoms with Crippen LogP contribution in [0.1, 0.15) is 5.56 Å². The Morgan fingerprint density at radius 1 is 0.852 bits per heavy atom. The van der Waals surface area contributed by atoms with E-state index >= 15 is 0 Å². The third-order valence-electron chi connectivity index (χ3n) is 4.79. The van der Waals surface area contributed by atoms with Crippen LogP contribution in [-0.2, 0) is 0 Å². The highest BCUT2D eigenvalue weighted by Crippen LogP contribution is 2.34. The molecule has 0 saturated carbocycles. The van der Waals surface area contributed by atoms with Crippen molar-refractivity contribution in [1.29, 1.82) is 0 Å². The molecule has 0 bridgehead atoms. The van der Waals surface area contributed by atoms with E-state index in [9.17, 15) is 0 Å². The lowest BCUT2D eigenvalue weighted by atomic mass is 10.1. The van der Waals surface area contributed by atoms with Crippen molar-refractivity contribution in [1.82, 2.24) is 14.8 Å². The molecule has 5 aromatic rings. The maximum Gasteiger partial charge on any atom is 0.102 e. The normalized spacial score (nSPS) is 11.3. The van der Waals surface area contributed by atoms with Gasteiger partial charge in [0.1, 0.15) is 5.69 Å². The Labute approximate surface area is 161 Å². The third kappa shape index (κ3) is 2.68. The first-order valence-corrected chi connectivity index (χ1v) is 9.18. The lowest BCUT2D eigenvalue weighted by Crippen LogP contribution is -1.96. The molecule has 4 heteroatoms. The molecule has 0 aliphatic heterocycles. The topological polar surface area (TPSA) is 30.7 Å². The van der Waals surface area contributed by atoms with Crippen LogP contribution < -0.4 is 0 Å². The van der Waals surface area contributed by atoms with Crippen LogP contribution in [0.25, 0.3) is 38.8 Å². The number of para-hydroxylation sites is 1. The number of hydrogen-bond donors (Lipinski definition) is 0. The van der Waals surface area contributed by atoms with Crippen LogP contribution in [0, 0.1) is 6.92 Å². The Kier molecular flexibility index (Phi) is 3.69. The van der Waals surface area contributed by atoms with Gasteiger partial charge >= 0.3 is 0 Å². The summed E-state index contributed by atoms with van der Waals surface area (Å²) in [5.41, 5.74) is 6.14. The molecule has 0 atom stereocenters. The number of fused-ring (bicyclic) bond motifs is 3. The molecule has 2 aromatic heterocycles. The number of nitrogens with zero attached hydrogens (tertiary/aromatic N) is 3. The van der Waals surface area contributed by atoms with Gasteiger partial charge in [0.2, 0.25) is 0 Å². The van der Waals surface area contributed by atoms with E-state index in [4.69, 9.17) is 16.7 Å². The molecule has 3 nitrogen and oxygen atoms in total. The van der Waals surface area contributed by atoms with Gasteiger partial charge in [-0.2, -0.15) is 5.10 Å². The van der Waals surface area contributed by atoms with Crippen molar-refractivity contribution in [3.63, 3.8) is 0 Å². The number of benzene rings is 3. The quantitative estimate of drug-likeness (QED) is 0.370. The van der Waals surface area contributed by atoms with E-state index in [1.54, 1.807) is 0 Å². The Hall–Kier alpha value is -3.17. The van der Waals surface area contributed by atoms with E-state index in [-0.39, 0.29) is 0 Å². The van der Waals surface area contributed by atoms with Gasteiger partial charge in [-0.05, 0) is 37.3 Å². The minimum absolute atomic E-state index is 0.689. The van der Waals surface area contributed by atoms with Crippen LogP contribution in [0.15, 0.2) is 79.0 Å². The Morgan fingerprint density at radius 2 is 1.63 bits per heavy atom. The molecule has 3 aromatic carbocycles. The second-order valence-corrected chi connectivity index (χ2v) is 7.08. The van der Waals surface area contributed by atoms with Crippen molar-refractivity contribution < 1.29 is 0 Å². The zero-order chi connectivity index (χ0) is 18.4. The monoisotopic (exact) mass is 369 g/mol. The Morgan fingerprint density at radius 3 is 2.41 bits per heavy atom. The molecule has 0 unspecified atom stereocenters. The van der Waals surface area contributed by atoms with Gasteiger partial charge in [-0.1, -0.05) is 59.6 Å². The van der Waals surface area contributed by atoms with Gasteiger partial charge in [0.05, 0.1) is 16.7 Å². The summed E-state index contributed by atoms with van der Waals surface area (Å²) in [6, 6.07) is 24.4. The predicted molar refractivity (Wildman–Crippen MR) is 112 cm³/mol. The second kappa shape index (κ2) is 6.22. The molecule has 0 spiro atoms. The van der Waals surface area contributed by atoms with Gasteiger partial charge in [-0.3, -0.25) is 4.98 Å². The van der Waals surface area contributed by atoms with Gasteiger partial charge < -0.3 is 0 Å². The predicted octanol–water partition coefficient (Wildman–Crippen LogP) is 6.20. The van der Waals surface area contributed by atoms with Crippen LogP contribution in [0.3, 0.4) is 0 Å². The molecule has 27 heavy (non-hydrogen) atoms. The van der Waals surface area contributed by atoms with Crippen molar-refractivity contribution in [3.8, 4) is 16.9 Å². The average molecular weight is 370 g/mol. The van der Waals surface area contributed by atoms with Gasteiger partial charge in [0.25, 0.3) is 0 Å². The number of hydrogen-bond acceptors (Lipinski definition) is 2. The molecule has 0 fully saturated rings. The Balaban J connectivity index is 1.91. The fourth-order valence-corrected chi connectivity index (χ4v) is 3.61. The molecule has 0 N–H and O–H groups in total. The molecule has 0 radical (unpaired) electrons. The summed E-state index contributed by atoms with van der Waals surface area (Å²) in [7, 11) is 0. The zero-order valence-electron chi connectivity index (χ0n) is 14.7. The van der Waals surface area contributed by atoms with E-state index in [0.29, 0.717) is 5.02 Å². The fraction of sp³-hybridized carbons (Fsp3) is 0.0435. The average Bonchev–Trinajstić information content (AvgIpc) is 3.09. The lowest BCUT2D eigenvalue weighted by molar-refractivity contribution is 0.917. The van der Waals surface area contributed by atoms with Crippen molar-refractivity contribution in [2.75, 3.05) is 0 Å². The molecular formula is C23H16ClN3. The molecule has 0 amide bonds. The molecule has 5 rings (SSSR count). The number of pyridine rings is 1. The minimum Gasteiger partial charge on any atom is -0.255 e. The van der Waals surface area contributed by atoms with E-state index in [2.05, 4.69) is 48.3 Å². The first-order valence-electron chi connectivity index (χ1n) is 8.80. The minimum atomic E-state index is 0.689. The van der Waals surface area contributed by atoms with Gasteiger partial charge in [-0.15, -0.1) is 0 Å². The fourth-order valence-electron chi connectivity index (χ4n) is 3.44. The van der Waals surface area contributed by atoms with Crippen molar-refractivity contribution >= 4 is 33.4 Å². The highest BCUT2D eigenvalue weighted by atomic mass is 35.5. The molecule has 0 saturated heterocycles. The molecular weight excluding hydrogens is 354 g/mol. The summed E-state index contributed by atoms with van der Waals surface area (Å²) in [6.45, 7) is 2.08. The standard InChI is InChI=1S/C23H16ClN3/c1-15-7-9-16(10-8-15)22-20-14-25-21-12-11-17(24)13-19(21)23(20)27(26-22)18-5-3-2-4-6-18/h2-14H,1H3. The number of rotatable bonds is 2. The smallest absolute Gasteiger partial charge is 0.102 e. The van der Waals surface area contributed by atoms with E-state index in [1.165, 1.54) is 5.56 Å². The highest BCUT2D eigenvalue weighted by molar-refractivity contribution is 6.31. The van der Waals surface area contributed by atoms with Crippen LogP contribution in [0.4, 0.5) is 0 Å². The number of aryl methyl sites for hydroxylation is 1. The van der Waals surface area contributed by atoms with Gasteiger partial charge in [0, 0.05) is 27.6 Å². The van der Waals surface area contributed by atoms with Crippen LogP contribution >= 0.6 is 11.6 Å². The summed E-state index contributed by atoms with van der Waals surface area (Å²) in [4.78, 5) is 4.65. The maximum atomic E-state index is 6.30. The number of halogens is 1. The SMILES string of the molecule is Cc1ccc(-c2nn(-c3ccccc3)c3c2cnc2ccc(Cl)cc23)cc1. The summed E-state index contributed by atoms with van der Waals surface area (Å²) in [6.07, 6.45) is 1.91. The van der Waals surface area contributed by atoms with Crippen LogP contribution in [0.2, 0.25) is 5.02 Å². The van der Waals surface area contributed by atoms with Crippen molar-refractivity contribution in [2.24, 2.45) is 0 Å². The van der Waals surface area contributed by atoms with E-state index < -0.39 is 0 Å². The van der Waals surface area contributed by atoms with Gasteiger partial charge in [-0.25, -0.2) is 4.68 Å². The summed E-state index contributed by atoms with van der Waals surface area (Å²) in [5.74, 6) is 0. The van der Waals surface area contributed by atoms with Crippen LogP contribution in [0.5, 0.6) is 0 Å².